The highest BCUT2D eigenvalue weighted by molar-refractivity contribution is 5.36. The zero-order valence-electron chi connectivity index (χ0n) is 12.8. The van der Waals surface area contributed by atoms with Crippen molar-refractivity contribution in [2.24, 2.45) is 0 Å². The van der Waals surface area contributed by atoms with Crippen LogP contribution in [0.2, 0.25) is 0 Å². The van der Waals surface area contributed by atoms with Crippen molar-refractivity contribution < 1.29 is 4.52 Å². The van der Waals surface area contributed by atoms with Crippen molar-refractivity contribution in [2.75, 3.05) is 18.9 Å². The van der Waals surface area contributed by atoms with E-state index in [9.17, 15) is 0 Å². The Bertz CT molecular complexity index is 624. The Morgan fingerprint density at radius 3 is 2.90 bits per heavy atom. The van der Waals surface area contributed by atoms with E-state index in [4.69, 9.17) is 4.52 Å². The van der Waals surface area contributed by atoms with E-state index in [1.165, 1.54) is 6.42 Å². The molecule has 1 fully saturated rings. The monoisotopic (exact) mass is 287 g/mol. The SMILES string of the molecule is CNc1cc([C@@H]2CCCN2Cc2cc(C)on2)nc(C)n1. The fraction of sp³-hybridized carbons (Fsp3) is 0.533. The van der Waals surface area contributed by atoms with E-state index in [0.29, 0.717) is 6.04 Å². The lowest BCUT2D eigenvalue weighted by molar-refractivity contribution is 0.236. The second-order valence-corrected chi connectivity index (χ2v) is 5.53. The molecule has 0 amide bonds. The van der Waals surface area contributed by atoms with E-state index < -0.39 is 0 Å². The normalized spacial score (nSPS) is 19.1. The zero-order chi connectivity index (χ0) is 14.8. The van der Waals surface area contributed by atoms with Crippen molar-refractivity contribution in [3.8, 4) is 0 Å². The molecule has 6 nitrogen and oxygen atoms in total. The molecule has 1 aliphatic heterocycles. The van der Waals surface area contributed by atoms with Gasteiger partial charge in [0.1, 0.15) is 17.4 Å². The third-order valence-electron chi connectivity index (χ3n) is 3.86. The van der Waals surface area contributed by atoms with E-state index in [0.717, 1.165) is 48.3 Å². The molecule has 0 radical (unpaired) electrons. The molecule has 2 aromatic rings. The summed E-state index contributed by atoms with van der Waals surface area (Å²) in [5, 5.41) is 7.20. The van der Waals surface area contributed by atoms with Crippen LogP contribution in [0, 0.1) is 13.8 Å². The Morgan fingerprint density at radius 2 is 2.19 bits per heavy atom. The predicted octanol–water partition coefficient (Wildman–Crippen LogP) is 2.46. The summed E-state index contributed by atoms with van der Waals surface area (Å²) in [4.78, 5) is 11.4. The fourth-order valence-corrected chi connectivity index (χ4v) is 2.94. The van der Waals surface area contributed by atoms with Gasteiger partial charge in [-0.25, -0.2) is 9.97 Å². The Balaban J connectivity index is 1.81. The molecule has 3 rings (SSSR count). The van der Waals surface area contributed by atoms with Crippen LogP contribution in [0.5, 0.6) is 0 Å². The predicted molar refractivity (Wildman–Crippen MR) is 79.9 cm³/mol. The highest BCUT2D eigenvalue weighted by atomic mass is 16.5. The van der Waals surface area contributed by atoms with E-state index >= 15 is 0 Å². The van der Waals surface area contributed by atoms with Crippen LogP contribution in [-0.4, -0.2) is 33.6 Å². The molecule has 1 N–H and O–H groups in total. The van der Waals surface area contributed by atoms with Crippen molar-refractivity contribution in [3.05, 3.63) is 35.1 Å². The zero-order valence-corrected chi connectivity index (χ0v) is 12.8. The summed E-state index contributed by atoms with van der Waals surface area (Å²) in [5.74, 6) is 2.54. The number of hydrogen-bond acceptors (Lipinski definition) is 6. The minimum absolute atomic E-state index is 0.329. The van der Waals surface area contributed by atoms with Gasteiger partial charge in [-0.15, -0.1) is 0 Å². The first-order valence-corrected chi connectivity index (χ1v) is 7.35. The lowest BCUT2D eigenvalue weighted by Crippen LogP contribution is -2.24. The summed E-state index contributed by atoms with van der Waals surface area (Å²) in [5.41, 5.74) is 2.07. The van der Waals surface area contributed by atoms with Crippen LogP contribution >= 0.6 is 0 Å². The summed E-state index contributed by atoms with van der Waals surface area (Å²) in [7, 11) is 1.89. The molecule has 1 atom stereocenters. The number of anilines is 1. The summed E-state index contributed by atoms with van der Waals surface area (Å²) >= 11 is 0. The molecule has 6 heteroatoms. The first-order chi connectivity index (χ1) is 10.2. The first kappa shape index (κ1) is 14.0. The van der Waals surface area contributed by atoms with Crippen molar-refractivity contribution in [3.63, 3.8) is 0 Å². The lowest BCUT2D eigenvalue weighted by atomic mass is 10.1. The van der Waals surface area contributed by atoms with Gasteiger partial charge in [-0.2, -0.15) is 0 Å². The third-order valence-corrected chi connectivity index (χ3v) is 3.86. The molecule has 0 spiro atoms. The number of likely N-dealkylation sites (tertiary alicyclic amines) is 1. The van der Waals surface area contributed by atoms with E-state index in [1.54, 1.807) is 0 Å². The highest BCUT2D eigenvalue weighted by Gasteiger charge is 2.28. The molecule has 0 aliphatic carbocycles. The molecule has 0 saturated carbocycles. The fourth-order valence-electron chi connectivity index (χ4n) is 2.94. The molecule has 0 unspecified atom stereocenters. The summed E-state index contributed by atoms with van der Waals surface area (Å²) < 4.78 is 5.16. The minimum atomic E-state index is 0.329. The van der Waals surface area contributed by atoms with Crippen molar-refractivity contribution in [1.29, 1.82) is 0 Å². The molecule has 21 heavy (non-hydrogen) atoms. The summed E-state index contributed by atoms with van der Waals surface area (Å²) in [6.07, 6.45) is 2.30. The molecule has 3 heterocycles. The Labute approximate surface area is 124 Å². The maximum absolute atomic E-state index is 5.16. The van der Waals surface area contributed by atoms with Crippen molar-refractivity contribution in [1.82, 2.24) is 20.0 Å². The van der Waals surface area contributed by atoms with Gasteiger partial charge < -0.3 is 9.84 Å². The van der Waals surface area contributed by atoms with Crippen LogP contribution in [0.3, 0.4) is 0 Å². The van der Waals surface area contributed by atoms with Gasteiger partial charge in [0, 0.05) is 25.7 Å². The number of hydrogen-bond donors (Lipinski definition) is 1. The van der Waals surface area contributed by atoms with Crippen molar-refractivity contribution >= 4 is 5.82 Å². The Kier molecular flexibility index (Phi) is 3.88. The second kappa shape index (κ2) is 5.81. The highest BCUT2D eigenvalue weighted by Crippen LogP contribution is 2.32. The lowest BCUT2D eigenvalue weighted by Gasteiger charge is -2.23. The van der Waals surface area contributed by atoms with Gasteiger partial charge in [-0.05, 0) is 33.2 Å². The summed E-state index contributed by atoms with van der Waals surface area (Å²) in [6.45, 7) is 5.73. The standard InChI is InChI=1S/C15H21N5O/c1-10-7-12(19-21-10)9-20-6-4-5-14(20)13-8-15(16-3)18-11(2)17-13/h7-8,14H,4-6,9H2,1-3H3,(H,16,17,18)/t14-/m0/s1. The average Bonchev–Trinajstić information content (AvgIpc) is 3.08. The van der Waals surface area contributed by atoms with Gasteiger partial charge in [0.05, 0.1) is 17.4 Å². The topological polar surface area (TPSA) is 67.1 Å². The van der Waals surface area contributed by atoms with Gasteiger partial charge in [0.2, 0.25) is 0 Å². The molecular weight excluding hydrogens is 266 g/mol. The quantitative estimate of drug-likeness (QED) is 0.931. The van der Waals surface area contributed by atoms with Crippen LogP contribution in [-0.2, 0) is 6.54 Å². The van der Waals surface area contributed by atoms with Gasteiger partial charge in [-0.3, -0.25) is 4.90 Å². The van der Waals surface area contributed by atoms with E-state index in [2.05, 4.69) is 25.3 Å². The molecule has 112 valence electrons. The molecule has 0 aromatic carbocycles. The third kappa shape index (κ3) is 3.05. The molecule has 1 aliphatic rings. The van der Waals surface area contributed by atoms with E-state index in [1.807, 2.05) is 33.0 Å². The average molecular weight is 287 g/mol. The maximum Gasteiger partial charge on any atom is 0.133 e. The number of aryl methyl sites for hydroxylation is 2. The van der Waals surface area contributed by atoms with Crippen LogP contribution in [0.15, 0.2) is 16.7 Å². The number of nitrogens with one attached hydrogen (secondary N) is 1. The molecule has 0 bridgehead atoms. The maximum atomic E-state index is 5.16. The number of rotatable bonds is 4. The minimum Gasteiger partial charge on any atom is -0.373 e. The van der Waals surface area contributed by atoms with Gasteiger partial charge in [-0.1, -0.05) is 5.16 Å². The smallest absolute Gasteiger partial charge is 0.133 e. The van der Waals surface area contributed by atoms with Gasteiger partial charge in [0.15, 0.2) is 0 Å². The Hall–Kier alpha value is -1.95. The first-order valence-electron chi connectivity index (χ1n) is 7.35. The van der Waals surface area contributed by atoms with Gasteiger partial charge >= 0.3 is 0 Å². The largest absolute Gasteiger partial charge is 0.373 e. The van der Waals surface area contributed by atoms with Crippen molar-refractivity contribution in [2.45, 2.75) is 39.3 Å². The Morgan fingerprint density at radius 1 is 1.33 bits per heavy atom. The number of aromatic nitrogens is 3. The van der Waals surface area contributed by atoms with E-state index in [-0.39, 0.29) is 0 Å². The van der Waals surface area contributed by atoms with Crippen LogP contribution in [0.25, 0.3) is 0 Å². The van der Waals surface area contributed by atoms with Crippen LogP contribution < -0.4 is 5.32 Å². The molecule has 2 aromatic heterocycles. The molecule has 1 saturated heterocycles. The summed E-state index contributed by atoms with van der Waals surface area (Å²) in [6, 6.07) is 4.37. The molecular formula is C15H21N5O. The van der Waals surface area contributed by atoms with Gasteiger partial charge in [0.25, 0.3) is 0 Å². The van der Waals surface area contributed by atoms with Crippen LogP contribution in [0.4, 0.5) is 5.82 Å². The number of nitrogens with zero attached hydrogens (tertiary/aromatic N) is 4. The van der Waals surface area contributed by atoms with Crippen LogP contribution in [0.1, 0.15) is 41.9 Å². The second-order valence-electron chi connectivity index (χ2n) is 5.53.